The van der Waals surface area contributed by atoms with Crippen LogP contribution in [0.2, 0.25) is 10.0 Å². The summed E-state index contributed by atoms with van der Waals surface area (Å²) in [6, 6.07) is 18.2. The van der Waals surface area contributed by atoms with Gasteiger partial charge in [-0.25, -0.2) is 13.8 Å². The molecule has 0 heterocycles. The van der Waals surface area contributed by atoms with Crippen LogP contribution in [0.15, 0.2) is 85.7 Å². The van der Waals surface area contributed by atoms with E-state index in [1.165, 1.54) is 24.4 Å². The number of nitrogens with zero attached hydrogens (tertiary/aromatic N) is 2. The average molecular weight is 634 g/mol. The van der Waals surface area contributed by atoms with Gasteiger partial charge >= 0.3 is 0 Å². The zero-order valence-electron chi connectivity index (χ0n) is 16.9. The van der Waals surface area contributed by atoms with E-state index in [1.54, 1.807) is 24.3 Å². The number of amides is 1. The zero-order chi connectivity index (χ0) is 24.0. The van der Waals surface area contributed by atoms with Crippen LogP contribution in [-0.2, 0) is 21.4 Å². The Balaban J connectivity index is 1.83. The van der Waals surface area contributed by atoms with Gasteiger partial charge in [0.15, 0.2) is 0 Å². The summed E-state index contributed by atoms with van der Waals surface area (Å²) < 4.78 is 29.2. The van der Waals surface area contributed by atoms with Crippen LogP contribution in [0.4, 0.5) is 0 Å². The Morgan fingerprint density at radius 3 is 2.39 bits per heavy atom. The highest BCUT2D eigenvalue weighted by Crippen LogP contribution is 2.26. The van der Waals surface area contributed by atoms with E-state index in [2.05, 4.69) is 42.4 Å². The lowest BCUT2D eigenvalue weighted by atomic mass is 10.2. The summed E-state index contributed by atoms with van der Waals surface area (Å²) in [7, 11) is -4.02. The Morgan fingerprint density at radius 2 is 1.73 bits per heavy atom. The molecule has 6 nitrogen and oxygen atoms in total. The van der Waals surface area contributed by atoms with Crippen LogP contribution in [0.5, 0.6) is 0 Å². The third-order valence-electron chi connectivity index (χ3n) is 4.43. The highest BCUT2D eigenvalue weighted by Gasteiger charge is 2.27. The van der Waals surface area contributed by atoms with Crippen molar-refractivity contribution in [2.75, 3.05) is 6.54 Å². The van der Waals surface area contributed by atoms with Crippen molar-refractivity contribution in [2.45, 2.75) is 11.4 Å². The normalized spacial score (nSPS) is 11.8. The number of benzene rings is 3. The fraction of sp³-hybridized carbons (Fsp3) is 0.0909. The van der Waals surface area contributed by atoms with Gasteiger partial charge in [0.2, 0.25) is 10.0 Å². The van der Waals surface area contributed by atoms with Crippen molar-refractivity contribution in [3.05, 3.63) is 96.8 Å². The molecule has 0 aromatic heterocycles. The molecule has 0 saturated heterocycles. The van der Waals surface area contributed by atoms with Gasteiger partial charge in [0.1, 0.15) is 0 Å². The summed E-state index contributed by atoms with van der Waals surface area (Å²) in [5, 5.41) is 4.65. The van der Waals surface area contributed by atoms with Gasteiger partial charge in [-0.3, -0.25) is 4.79 Å². The molecule has 3 aromatic rings. The quantitative estimate of drug-likeness (QED) is 0.249. The fourth-order valence-electron chi connectivity index (χ4n) is 2.77. The number of sulfonamides is 1. The molecule has 0 unspecified atom stereocenters. The second kappa shape index (κ2) is 11.6. The Hall–Kier alpha value is -1.75. The van der Waals surface area contributed by atoms with Gasteiger partial charge in [0.05, 0.1) is 17.7 Å². The minimum absolute atomic E-state index is 0.0419. The SMILES string of the molecule is O=C(CN(Cc1ccc(Cl)cc1Cl)S(=O)(=O)c1ccc(Br)cc1)N/N=C/c1ccccc1Br. The number of hydrazone groups is 1. The molecule has 3 aromatic carbocycles. The maximum absolute atomic E-state index is 13.3. The molecule has 33 heavy (non-hydrogen) atoms. The van der Waals surface area contributed by atoms with Crippen LogP contribution < -0.4 is 5.43 Å². The third-order valence-corrected chi connectivity index (χ3v) is 8.07. The smallest absolute Gasteiger partial charge is 0.255 e. The lowest BCUT2D eigenvalue weighted by Crippen LogP contribution is -2.39. The number of carbonyl (C=O) groups excluding carboxylic acids is 1. The molecular weight excluding hydrogens is 617 g/mol. The maximum atomic E-state index is 13.3. The number of rotatable bonds is 8. The monoisotopic (exact) mass is 631 g/mol. The first-order valence-corrected chi connectivity index (χ1v) is 13.2. The lowest BCUT2D eigenvalue weighted by Gasteiger charge is -2.22. The van der Waals surface area contributed by atoms with E-state index < -0.39 is 22.5 Å². The number of carbonyl (C=O) groups is 1. The molecule has 0 radical (unpaired) electrons. The Morgan fingerprint density at radius 1 is 1.03 bits per heavy atom. The third kappa shape index (κ3) is 7.11. The molecule has 11 heteroatoms. The lowest BCUT2D eigenvalue weighted by molar-refractivity contribution is -0.121. The molecule has 172 valence electrons. The van der Waals surface area contributed by atoms with Crippen LogP contribution in [0.3, 0.4) is 0 Å². The van der Waals surface area contributed by atoms with Crippen LogP contribution in [0.25, 0.3) is 0 Å². The summed E-state index contributed by atoms with van der Waals surface area (Å²) in [6.45, 7) is -0.597. The number of nitrogens with one attached hydrogen (secondary N) is 1. The number of hydrogen-bond donors (Lipinski definition) is 1. The van der Waals surface area contributed by atoms with Crippen molar-refractivity contribution in [3.63, 3.8) is 0 Å². The summed E-state index contributed by atoms with van der Waals surface area (Å²) in [6.07, 6.45) is 1.46. The Labute approximate surface area is 218 Å². The molecule has 0 aliphatic rings. The highest BCUT2D eigenvalue weighted by molar-refractivity contribution is 9.10. The average Bonchev–Trinajstić information content (AvgIpc) is 2.76. The van der Waals surface area contributed by atoms with Crippen molar-refractivity contribution >= 4 is 77.2 Å². The Bertz CT molecular complexity index is 1290. The van der Waals surface area contributed by atoms with E-state index in [1.807, 2.05) is 24.3 Å². The molecule has 1 amide bonds. The second-order valence-electron chi connectivity index (χ2n) is 6.78. The molecule has 0 spiro atoms. The van der Waals surface area contributed by atoms with Crippen molar-refractivity contribution in [2.24, 2.45) is 5.10 Å². The molecular formula is C22H17Br2Cl2N3O3S. The van der Waals surface area contributed by atoms with Gasteiger partial charge in [-0.2, -0.15) is 9.41 Å². The van der Waals surface area contributed by atoms with Crippen molar-refractivity contribution in [1.29, 1.82) is 0 Å². The number of hydrogen-bond acceptors (Lipinski definition) is 4. The predicted octanol–water partition coefficient (Wildman–Crippen LogP) is 5.86. The minimum atomic E-state index is -4.02. The molecule has 3 rings (SSSR count). The second-order valence-corrected chi connectivity index (χ2v) is 11.3. The predicted molar refractivity (Wildman–Crippen MR) is 138 cm³/mol. The molecule has 1 N–H and O–H groups in total. The molecule has 0 fully saturated rings. The van der Waals surface area contributed by atoms with E-state index in [9.17, 15) is 13.2 Å². The first kappa shape index (κ1) is 25.9. The molecule has 0 aliphatic heterocycles. The van der Waals surface area contributed by atoms with Gasteiger partial charge < -0.3 is 0 Å². The van der Waals surface area contributed by atoms with Gasteiger partial charge in [0.25, 0.3) is 5.91 Å². The van der Waals surface area contributed by atoms with Gasteiger partial charge in [-0.15, -0.1) is 0 Å². The van der Waals surface area contributed by atoms with Crippen molar-refractivity contribution in [3.8, 4) is 0 Å². The van der Waals surface area contributed by atoms with Crippen LogP contribution in [0, 0.1) is 0 Å². The highest BCUT2D eigenvalue weighted by atomic mass is 79.9. The van der Waals surface area contributed by atoms with Crippen LogP contribution >= 0.6 is 55.1 Å². The van der Waals surface area contributed by atoms with E-state index in [0.717, 1.165) is 18.8 Å². The van der Waals surface area contributed by atoms with Gasteiger partial charge in [0, 0.05) is 31.1 Å². The fourth-order valence-corrected chi connectivity index (χ4v) is 5.26. The first-order chi connectivity index (χ1) is 15.7. The summed E-state index contributed by atoms with van der Waals surface area (Å²) in [5.41, 5.74) is 3.63. The maximum Gasteiger partial charge on any atom is 0.255 e. The summed E-state index contributed by atoms with van der Waals surface area (Å²) in [5.74, 6) is -0.607. The van der Waals surface area contributed by atoms with Crippen molar-refractivity contribution in [1.82, 2.24) is 9.73 Å². The zero-order valence-corrected chi connectivity index (χ0v) is 22.4. The van der Waals surface area contributed by atoms with Gasteiger partial charge in [-0.05, 0) is 48.0 Å². The Kier molecular flexibility index (Phi) is 9.09. The summed E-state index contributed by atoms with van der Waals surface area (Å²) >= 11 is 18.9. The number of halogens is 4. The van der Waals surface area contributed by atoms with E-state index in [4.69, 9.17) is 23.2 Å². The van der Waals surface area contributed by atoms with Crippen molar-refractivity contribution < 1.29 is 13.2 Å². The molecule has 0 saturated carbocycles. The summed E-state index contributed by atoms with van der Waals surface area (Å²) in [4.78, 5) is 12.6. The minimum Gasteiger partial charge on any atom is -0.272 e. The first-order valence-electron chi connectivity index (χ1n) is 9.43. The molecule has 0 atom stereocenters. The van der Waals surface area contributed by atoms with E-state index in [-0.39, 0.29) is 11.4 Å². The van der Waals surface area contributed by atoms with E-state index in [0.29, 0.717) is 15.6 Å². The topological polar surface area (TPSA) is 78.8 Å². The molecule has 0 bridgehead atoms. The van der Waals surface area contributed by atoms with Gasteiger partial charge in [-0.1, -0.05) is 79.3 Å². The standard InChI is InChI=1S/C22H17Br2Cl2N3O3S/c23-17-6-9-19(10-7-17)33(31,32)29(13-16-5-8-18(25)11-21(16)26)14-22(30)28-27-12-15-3-1-2-4-20(15)24/h1-12H,13-14H2,(H,28,30)/b27-12+. The molecule has 0 aliphatic carbocycles. The van der Waals surface area contributed by atoms with Crippen LogP contribution in [-0.4, -0.2) is 31.4 Å². The van der Waals surface area contributed by atoms with Crippen LogP contribution in [0.1, 0.15) is 11.1 Å². The van der Waals surface area contributed by atoms with E-state index >= 15 is 0 Å². The largest absolute Gasteiger partial charge is 0.272 e.